The molecule has 1 spiro atoms. The van der Waals surface area contributed by atoms with Crippen molar-refractivity contribution in [2.24, 2.45) is 10.7 Å². The van der Waals surface area contributed by atoms with Gasteiger partial charge in [-0.25, -0.2) is 14.4 Å². The molecule has 7 nitrogen and oxygen atoms in total. The van der Waals surface area contributed by atoms with Crippen LogP contribution < -0.4 is 15.8 Å². The summed E-state index contributed by atoms with van der Waals surface area (Å²) in [7, 11) is 0. The molecule has 2 atom stereocenters. The summed E-state index contributed by atoms with van der Waals surface area (Å²) in [4.78, 5) is 20.4. The van der Waals surface area contributed by atoms with Gasteiger partial charge in [-0.15, -0.1) is 0 Å². The van der Waals surface area contributed by atoms with E-state index >= 15 is 8.78 Å². The number of benzene rings is 2. The van der Waals surface area contributed by atoms with Crippen LogP contribution in [0.1, 0.15) is 34.1 Å². The van der Waals surface area contributed by atoms with Crippen molar-refractivity contribution < 1.29 is 27.4 Å². The highest BCUT2D eigenvalue weighted by atomic mass is 19.3. The molecule has 5 rings (SSSR count). The lowest BCUT2D eigenvalue weighted by Gasteiger charge is -2.45. The first-order chi connectivity index (χ1) is 16.3. The van der Waals surface area contributed by atoms with Gasteiger partial charge in [0.15, 0.2) is 12.1 Å². The highest BCUT2D eigenvalue weighted by Crippen LogP contribution is 2.55. The fourth-order valence-electron chi connectivity index (χ4n) is 4.20. The van der Waals surface area contributed by atoms with Crippen molar-refractivity contribution in [1.82, 2.24) is 4.98 Å². The molecule has 1 amide bonds. The van der Waals surface area contributed by atoms with Crippen LogP contribution in [0, 0.1) is 5.82 Å². The van der Waals surface area contributed by atoms with Crippen LogP contribution in [0.5, 0.6) is 5.75 Å². The van der Waals surface area contributed by atoms with E-state index in [9.17, 15) is 9.18 Å². The molecule has 10 heteroatoms. The van der Waals surface area contributed by atoms with Crippen LogP contribution in [0.15, 0.2) is 71.9 Å². The van der Waals surface area contributed by atoms with Crippen LogP contribution >= 0.6 is 0 Å². The number of halogens is 3. The molecule has 0 radical (unpaired) electrons. The summed E-state index contributed by atoms with van der Waals surface area (Å²) in [6.07, 6.45) is 0.00456. The van der Waals surface area contributed by atoms with Gasteiger partial charge in [-0.05, 0) is 35.9 Å². The second-order valence-electron chi connectivity index (χ2n) is 8.05. The number of aliphatic imine (C=N–C) groups is 1. The minimum absolute atomic E-state index is 0.0344. The molecule has 2 aliphatic heterocycles. The summed E-state index contributed by atoms with van der Waals surface area (Å²) < 4.78 is 55.1. The SMILES string of the molecule is NC1=N[C@@]2(CC(c3ccccc3)Oc3ccc(NC(=O)c4ccc(F)cn4)cc32)C(F)(F)CO1. The highest BCUT2D eigenvalue weighted by Gasteiger charge is 2.62. The first-order valence-corrected chi connectivity index (χ1v) is 10.4. The molecule has 3 N–H and O–H groups in total. The number of carbonyl (C=O) groups excluding carboxylic acids is 1. The monoisotopic (exact) mass is 468 g/mol. The molecule has 3 heterocycles. The van der Waals surface area contributed by atoms with Crippen LogP contribution in [-0.2, 0) is 10.3 Å². The third-order valence-electron chi connectivity index (χ3n) is 5.87. The van der Waals surface area contributed by atoms with Gasteiger partial charge in [0, 0.05) is 17.7 Å². The molecule has 0 aliphatic carbocycles. The summed E-state index contributed by atoms with van der Waals surface area (Å²) in [6.45, 7) is -0.945. The Morgan fingerprint density at radius 3 is 2.65 bits per heavy atom. The van der Waals surface area contributed by atoms with E-state index in [-0.39, 0.29) is 35.1 Å². The molecular formula is C24H19F3N4O3. The zero-order valence-electron chi connectivity index (χ0n) is 17.7. The maximum absolute atomic E-state index is 15.5. The number of hydrogen-bond acceptors (Lipinski definition) is 6. The fourth-order valence-corrected chi connectivity index (χ4v) is 4.20. The van der Waals surface area contributed by atoms with Crippen molar-refractivity contribution >= 4 is 17.6 Å². The Hall–Kier alpha value is -4.08. The first-order valence-electron chi connectivity index (χ1n) is 10.4. The number of pyridine rings is 1. The van der Waals surface area contributed by atoms with E-state index in [0.717, 1.165) is 12.3 Å². The Bertz CT molecular complexity index is 1270. The maximum atomic E-state index is 15.5. The minimum atomic E-state index is -3.41. The van der Waals surface area contributed by atoms with Crippen molar-refractivity contribution in [3.05, 3.63) is 89.5 Å². The number of fused-ring (bicyclic) bond motifs is 2. The van der Waals surface area contributed by atoms with Crippen molar-refractivity contribution in [2.75, 3.05) is 11.9 Å². The van der Waals surface area contributed by atoms with E-state index < -0.39 is 35.9 Å². The number of amides is 1. The molecule has 1 unspecified atom stereocenters. The predicted molar refractivity (Wildman–Crippen MR) is 117 cm³/mol. The van der Waals surface area contributed by atoms with E-state index in [1.54, 1.807) is 24.3 Å². The lowest BCUT2D eigenvalue weighted by molar-refractivity contribution is -0.139. The quantitative estimate of drug-likeness (QED) is 0.601. The number of aromatic nitrogens is 1. The summed E-state index contributed by atoms with van der Waals surface area (Å²) in [5.41, 5.74) is 4.65. The van der Waals surface area contributed by atoms with Gasteiger partial charge in [0.2, 0.25) is 0 Å². The zero-order valence-corrected chi connectivity index (χ0v) is 17.7. The molecule has 3 aromatic rings. The summed E-state index contributed by atoms with van der Waals surface area (Å²) >= 11 is 0. The van der Waals surface area contributed by atoms with Crippen molar-refractivity contribution in [2.45, 2.75) is 24.0 Å². The molecule has 2 aromatic carbocycles. The number of amidine groups is 1. The van der Waals surface area contributed by atoms with Gasteiger partial charge < -0.3 is 20.5 Å². The molecule has 0 bridgehead atoms. The normalized spacial score (nSPS) is 22.7. The van der Waals surface area contributed by atoms with Gasteiger partial charge in [0.25, 0.3) is 11.9 Å². The van der Waals surface area contributed by atoms with Gasteiger partial charge in [0.1, 0.15) is 23.4 Å². The number of rotatable bonds is 3. The molecule has 174 valence electrons. The number of carbonyl (C=O) groups is 1. The van der Waals surface area contributed by atoms with E-state index in [1.807, 2.05) is 6.07 Å². The lowest BCUT2D eigenvalue weighted by Crippen LogP contribution is -2.55. The molecule has 0 saturated carbocycles. The number of nitrogens with two attached hydrogens (primary N) is 1. The van der Waals surface area contributed by atoms with E-state index in [4.69, 9.17) is 15.2 Å². The topological polar surface area (TPSA) is 98.8 Å². The Morgan fingerprint density at radius 1 is 1.12 bits per heavy atom. The molecular weight excluding hydrogens is 449 g/mol. The van der Waals surface area contributed by atoms with Crippen molar-refractivity contribution in [3.63, 3.8) is 0 Å². The lowest BCUT2D eigenvalue weighted by atomic mass is 9.75. The Balaban J connectivity index is 1.57. The Morgan fingerprint density at radius 2 is 1.91 bits per heavy atom. The maximum Gasteiger partial charge on any atom is 0.310 e. The van der Waals surface area contributed by atoms with Crippen LogP contribution in [0.25, 0.3) is 0 Å². The average Bonchev–Trinajstić information content (AvgIpc) is 2.83. The van der Waals surface area contributed by atoms with E-state index in [1.165, 1.54) is 24.3 Å². The predicted octanol–water partition coefficient (Wildman–Crippen LogP) is 4.17. The Labute approximate surface area is 192 Å². The summed E-state index contributed by atoms with van der Waals surface area (Å²) in [5, 5.41) is 2.60. The van der Waals surface area contributed by atoms with Gasteiger partial charge in [-0.2, -0.15) is 8.78 Å². The number of ether oxygens (including phenoxy) is 2. The number of hydrogen-bond donors (Lipinski definition) is 2. The molecule has 34 heavy (non-hydrogen) atoms. The molecule has 2 aliphatic rings. The van der Waals surface area contributed by atoms with Crippen LogP contribution in [-0.4, -0.2) is 29.4 Å². The van der Waals surface area contributed by atoms with E-state index in [2.05, 4.69) is 15.3 Å². The standard InChI is InChI=1S/C24H19F3N4O3/c25-15-6-8-18(29-12-15)21(32)30-16-7-9-19-17(10-16)23(24(26,27)13-33-22(28)31-23)11-20(34-19)14-4-2-1-3-5-14/h1-10,12,20H,11,13H2,(H2,28,31)(H,30,32)/t20?,23-/m1/s1. The minimum Gasteiger partial charge on any atom is -0.485 e. The first kappa shape index (κ1) is 21.7. The molecule has 0 saturated heterocycles. The van der Waals surface area contributed by atoms with Crippen LogP contribution in [0.2, 0.25) is 0 Å². The average molecular weight is 468 g/mol. The van der Waals surface area contributed by atoms with E-state index in [0.29, 0.717) is 5.56 Å². The van der Waals surface area contributed by atoms with Gasteiger partial charge >= 0.3 is 5.92 Å². The zero-order chi connectivity index (χ0) is 23.9. The second kappa shape index (κ2) is 8.05. The third kappa shape index (κ3) is 3.70. The van der Waals surface area contributed by atoms with Gasteiger partial charge in [-0.3, -0.25) is 4.79 Å². The second-order valence-corrected chi connectivity index (χ2v) is 8.05. The molecule has 0 fully saturated rings. The van der Waals surface area contributed by atoms with Gasteiger partial charge in [-0.1, -0.05) is 30.3 Å². The summed E-state index contributed by atoms with van der Waals surface area (Å²) in [5.74, 6) is -4.44. The Kier molecular flexibility index (Phi) is 5.15. The summed E-state index contributed by atoms with van der Waals surface area (Å²) in [6, 6.07) is 15.4. The van der Waals surface area contributed by atoms with Gasteiger partial charge in [0.05, 0.1) is 6.20 Å². The third-order valence-corrected chi connectivity index (χ3v) is 5.87. The van der Waals surface area contributed by atoms with Crippen LogP contribution in [0.4, 0.5) is 18.9 Å². The fraction of sp³-hybridized carbons (Fsp3) is 0.208. The van der Waals surface area contributed by atoms with Crippen molar-refractivity contribution in [1.29, 1.82) is 0 Å². The number of nitrogens with zero attached hydrogens (tertiary/aromatic N) is 2. The number of anilines is 1. The highest BCUT2D eigenvalue weighted by molar-refractivity contribution is 6.02. The molecule has 1 aromatic heterocycles. The number of nitrogens with one attached hydrogen (secondary N) is 1. The number of alkyl halides is 2. The van der Waals surface area contributed by atoms with Crippen LogP contribution in [0.3, 0.4) is 0 Å². The smallest absolute Gasteiger partial charge is 0.310 e. The van der Waals surface area contributed by atoms with Crippen molar-refractivity contribution in [3.8, 4) is 5.75 Å². The largest absolute Gasteiger partial charge is 0.485 e.